The molecule has 0 heterocycles. The normalized spacial score (nSPS) is 10.6. The lowest BCUT2D eigenvalue weighted by molar-refractivity contribution is 0.0955. The summed E-state index contributed by atoms with van der Waals surface area (Å²) >= 11 is 5.89. The molecular formula is C22H19ClN2O3. The first kappa shape index (κ1) is 19.5. The van der Waals surface area contributed by atoms with Gasteiger partial charge in [0.2, 0.25) is 0 Å². The van der Waals surface area contributed by atoms with E-state index in [9.17, 15) is 4.79 Å². The number of halogens is 1. The van der Waals surface area contributed by atoms with Crippen molar-refractivity contribution in [2.45, 2.75) is 6.61 Å². The van der Waals surface area contributed by atoms with Crippen LogP contribution in [-0.2, 0) is 6.61 Å². The SMILES string of the molecule is COc1cc(/C=N/NC(=O)c2cccc(Cl)c2)ccc1OCc1ccccc1. The molecule has 6 heteroatoms. The number of hydrazone groups is 1. The molecular weight excluding hydrogens is 376 g/mol. The van der Waals surface area contributed by atoms with Gasteiger partial charge in [-0.1, -0.05) is 48.0 Å². The molecule has 0 aliphatic carbocycles. The highest BCUT2D eigenvalue weighted by atomic mass is 35.5. The second-order valence-corrected chi connectivity index (χ2v) is 6.33. The minimum absolute atomic E-state index is 0.339. The number of hydrogen-bond donors (Lipinski definition) is 1. The second-order valence-electron chi connectivity index (χ2n) is 5.89. The molecule has 28 heavy (non-hydrogen) atoms. The van der Waals surface area contributed by atoms with Gasteiger partial charge in [-0.3, -0.25) is 4.79 Å². The van der Waals surface area contributed by atoms with Crippen LogP contribution in [0.4, 0.5) is 0 Å². The van der Waals surface area contributed by atoms with Gasteiger partial charge in [0.25, 0.3) is 5.91 Å². The van der Waals surface area contributed by atoms with Gasteiger partial charge in [0, 0.05) is 10.6 Å². The number of methoxy groups -OCH3 is 1. The maximum absolute atomic E-state index is 12.1. The lowest BCUT2D eigenvalue weighted by Gasteiger charge is -2.11. The predicted molar refractivity (Wildman–Crippen MR) is 110 cm³/mol. The third kappa shape index (κ3) is 5.34. The van der Waals surface area contributed by atoms with Crippen LogP contribution in [0.3, 0.4) is 0 Å². The fourth-order valence-electron chi connectivity index (χ4n) is 2.48. The summed E-state index contributed by atoms with van der Waals surface area (Å²) in [6.45, 7) is 0.445. The van der Waals surface area contributed by atoms with Crippen LogP contribution in [-0.4, -0.2) is 19.2 Å². The van der Waals surface area contributed by atoms with Gasteiger partial charge < -0.3 is 9.47 Å². The van der Waals surface area contributed by atoms with Gasteiger partial charge in [0.15, 0.2) is 11.5 Å². The zero-order valence-electron chi connectivity index (χ0n) is 15.3. The average molecular weight is 395 g/mol. The van der Waals surface area contributed by atoms with E-state index in [1.807, 2.05) is 42.5 Å². The second kappa shape index (κ2) is 9.58. The van der Waals surface area contributed by atoms with Crippen molar-refractivity contribution in [1.82, 2.24) is 5.43 Å². The summed E-state index contributed by atoms with van der Waals surface area (Å²) in [5, 5.41) is 4.48. The van der Waals surface area contributed by atoms with Crippen LogP contribution < -0.4 is 14.9 Å². The van der Waals surface area contributed by atoms with E-state index in [2.05, 4.69) is 10.5 Å². The molecule has 0 saturated carbocycles. The molecule has 0 aliphatic rings. The summed E-state index contributed by atoms with van der Waals surface area (Å²) in [5.74, 6) is 0.876. The fraction of sp³-hybridized carbons (Fsp3) is 0.0909. The summed E-state index contributed by atoms with van der Waals surface area (Å²) < 4.78 is 11.2. The van der Waals surface area contributed by atoms with Gasteiger partial charge in [0.05, 0.1) is 13.3 Å². The highest BCUT2D eigenvalue weighted by Gasteiger charge is 2.07. The largest absolute Gasteiger partial charge is 0.493 e. The van der Waals surface area contributed by atoms with E-state index < -0.39 is 0 Å². The van der Waals surface area contributed by atoms with Crippen molar-refractivity contribution in [2.75, 3.05) is 7.11 Å². The number of nitrogens with zero attached hydrogens (tertiary/aromatic N) is 1. The Morgan fingerprint density at radius 3 is 2.61 bits per heavy atom. The molecule has 0 atom stereocenters. The number of benzene rings is 3. The van der Waals surface area contributed by atoms with E-state index >= 15 is 0 Å². The van der Waals surface area contributed by atoms with Crippen molar-refractivity contribution in [3.05, 3.63) is 94.5 Å². The average Bonchev–Trinajstić information content (AvgIpc) is 2.73. The maximum atomic E-state index is 12.1. The van der Waals surface area contributed by atoms with Crippen molar-refractivity contribution in [1.29, 1.82) is 0 Å². The van der Waals surface area contributed by atoms with Crippen molar-refractivity contribution in [2.24, 2.45) is 5.10 Å². The fourth-order valence-corrected chi connectivity index (χ4v) is 2.67. The Morgan fingerprint density at radius 2 is 1.86 bits per heavy atom. The Labute approximate surface area is 168 Å². The summed E-state index contributed by atoms with van der Waals surface area (Å²) in [5.41, 5.74) is 4.74. The first-order chi connectivity index (χ1) is 13.7. The molecule has 0 aliphatic heterocycles. The Hall–Kier alpha value is -3.31. The number of rotatable bonds is 7. The summed E-state index contributed by atoms with van der Waals surface area (Å²) in [6.07, 6.45) is 1.53. The van der Waals surface area contributed by atoms with E-state index in [-0.39, 0.29) is 5.91 Å². The quantitative estimate of drug-likeness (QED) is 0.467. The summed E-state index contributed by atoms with van der Waals surface area (Å²) in [4.78, 5) is 12.1. The first-order valence-corrected chi connectivity index (χ1v) is 8.97. The number of nitrogens with one attached hydrogen (secondary N) is 1. The van der Waals surface area contributed by atoms with Crippen LogP contribution in [0.2, 0.25) is 5.02 Å². The van der Waals surface area contributed by atoms with Crippen LogP contribution in [0, 0.1) is 0 Å². The van der Waals surface area contributed by atoms with Crippen LogP contribution in [0.25, 0.3) is 0 Å². The molecule has 0 aromatic heterocycles. The minimum Gasteiger partial charge on any atom is -0.493 e. The molecule has 0 fully saturated rings. The van der Waals surface area contributed by atoms with Gasteiger partial charge in [-0.15, -0.1) is 0 Å². The van der Waals surface area contributed by atoms with Crippen LogP contribution in [0.1, 0.15) is 21.5 Å². The molecule has 3 aromatic carbocycles. The zero-order valence-corrected chi connectivity index (χ0v) is 16.0. The topological polar surface area (TPSA) is 59.9 Å². The standard InChI is InChI=1S/C22H19ClN2O3/c1-27-21-12-17(10-11-20(21)28-15-16-6-3-2-4-7-16)14-24-25-22(26)18-8-5-9-19(23)13-18/h2-14H,15H2,1H3,(H,25,26)/b24-14+. The Morgan fingerprint density at radius 1 is 1.04 bits per heavy atom. The van der Waals surface area contributed by atoms with Crippen molar-refractivity contribution >= 4 is 23.7 Å². The summed E-state index contributed by atoms with van der Waals surface area (Å²) in [6, 6.07) is 22.0. The number of amides is 1. The molecule has 0 saturated heterocycles. The third-order valence-corrected chi connectivity index (χ3v) is 4.13. The van der Waals surface area contributed by atoms with Crippen molar-refractivity contribution < 1.29 is 14.3 Å². The molecule has 3 aromatic rings. The minimum atomic E-state index is -0.339. The Kier molecular flexibility index (Phi) is 6.65. The van der Waals surface area contributed by atoms with Crippen molar-refractivity contribution in [3.8, 4) is 11.5 Å². The monoisotopic (exact) mass is 394 g/mol. The molecule has 5 nitrogen and oxygen atoms in total. The number of hydrogen-bond acceptors (Lipinski definition) is 4. The molecule has 3 rings (SSSR count). The lowest BCUT2D eigenvalue weighted by atomic mass is 10.2. The van der Waals surface area contributed by atoms with E-state index in [1.165, 1.54) is 6.21 Å². The third-order valence-electron chi connectivity index (χ3n) is 3.89. The smallest absolute Gasteiger partial charge is 0.271 e. The zero-order chi connectivity index (χ0) is 19.8. The van der Waals surface area contributed by atoms with Gasteiger partial charge in [-0.2, -0.15) is 5.10 Å². The number of carbonyl (C=O) groups excluding carboxylic acids is 1. The molecule has 1 amide bonds. The molecule has 142 valence electrons. The maximum Gasteiger partial charge on any atom is 0.271 e. The highest BCUT2D eigenvalue weighted by molar-refractivity contribution is 6.30. The van der Waals surface area contributed by atoms with E-state index in [0.29, 0.717) is 28.7 Å². The van der Waals surface area contributed by atoms with Crippen LogP contribution in [0.15, 0.2) is 77.9 Å². The molecule has 0 spiro atoms. The van der Waals surface area contributed by atoms with E-state index in [1.54, 1.807) is 37.4 Å². The van der Waals surface area contributed by atoms with Crippen molar-refractivity contribution in [3.63, 3.8) is 0 Å². The number of ether oxygens (including phenoxy) is 2. The van der Waals surface area contributed by atoms with Gasteiger partial charge in [0.1, 0.15) is 6.61 Å². The summed E-state index contributed by atoms with van der Waals surface area (Å²) in [7, 11) is 1.58. The highest BCUT2D eigenvalue weighted by Crippen LogP contribution is 2.28. The number of carbonyl (C=O) groups is 1. The predicted octanol–water partition coefficient (Wildman–Crippen LogP) is 4.69. The Balaban J connectivity index is 1.62. The van der Waals surface area contributed by atoms with Gasteiger partial charge in [-0.25, -0.2) is 5.43 Å². The molecule has 0 bridgehead atoms. The van der Waals surface area contributed by atoms with Crippen LogP contribution >= 0.6 is 11.6 Å². The molecule has 0 unspecified atom stereocenters. The van der Waals surface area contributed by atoms with Gasteiger partial charge in [-0.05, 0) is 47.5 Å². The molecule has 0 radical (unpaired) electrons. The van der Waals surface area contributed by atoms with Gasteiger partial charge >= 0.3 is 0 Å². The van der Waals surface area contributed by atoms with E-state index in [4.69, 9.17) is 21.1 Å². The van der Waals surface area contributed by atoms with E-state index in [0.717, 1.165) is 11.1 Å². The first-order valence-electron chi connectivity index (χ1n) is 8.59. The Bertz CT molecular complexity index is 975. The molecule has 1 N–H and O–H groups in total. The lowest BCUT2D eigenvalue weighted by Crippen LogP contribution is -2.17. The van der Waals surface area contributed by atoms with Crippen LogP contribution in [0.5, 0.6) is 11.5 Å².